The number of rotatable bonds is 5. The van der Waals surface area contributed by atoms with Crippen molar-refractivity contribution in [3.05, 3.63) is 52.6 Å². The molecule has 0 fully saturated rings. The molecule has 2 rings (SSSR count). The van der Waals surface area contributed by atoms with Crippen molar-refractivity contribution >= 4 is 17.6 Å². The Bertz CT molecular complexity index is 814. The second kappa shape index (κ2) is 7.70. The van der Waals surface area contributed by atoms with Crippen LogP contribution in [0, 0.1) is 20.8 Å². The van der Waals surface area contributed by atoms with Crippen LogP contribution in [-0.4, -0.2) is 30.7 Å². The van der Waals surface area contributed by atoms with Gasteiger partial charge in [-0.2, -0.15) is 0 Å². The summed E-state index contributed by atoms with van der Waals surface area (Å²) in [5.41, 5.74) is 3.40. The molecule has 0 aliphatic carbocycles. The maximum absolute atomic E-state index is 12.1. The van der Waals surface area contributed by atoms with Gasteiger partial charge in [-0.25, -0.2) is 4.79 Å². The second-order valence-electron chi connectivity index (χ2n) is 5.71. The molecule has 0 radical (unpaired) electrons. The van der Waals surface area contributed by atoms with Crippen molar-refractivity contribution in [2.24, 2.45) is 0 Å². The number of phenolic OH excluding ortho intramolecular Hbond substituents is 1. The first-order valence-electron chi connectivity index (χ1n) is 7.74. The van der Waals surface area contributed by atoms with E-state index in [2.05, 4.69) is 10.1 Å². The van der Waals surface area contributed by atoms with Crippen LogP contribution in [0.3, 0.4) is 0 Å². The standard InChI is InChI=1S/C19H21NO5/c1-11-5-6-12(2)18(13(11)3)25-10-17(22)20-15-8-7-14(9-16(15)21)19(23)24-4/h5-9,21H,10H2,1-4H3,(H,20,22). The van der Waals surface area contributed by atoms with Gasteiger partial charge in [-0.05, 0) is 55.7 Å². The van der Waals surface area contributed by atoms with E-state index in [0.29, 0.717) is 5.75 Å². The number of ether oxygens (including phenoxy) is 2. The Hall–Kier alpha value is -3.02. The van der Waals surface area contributed by atoms with Gasteiger partial charge in [-0.1, -0.05) is 12.1 Å². The van der Waals surface area contributed by atoms with Crippen LogP contribution in [0.1, 0.15) is 27.0 Å². The highest BCUT2D eigenvalue weighted by atomic mass is 16.5. The summed E-state index contributed by atoms with van der Waals surface area (Å²) in [6, 6.07) is 8.06. The summed E-state index contributed by atoms with van der Waals surface area (Å²) < 4.78 is 10.2. The second-order valence-corrected chi connectivity index (χ2v) is 5.71. The summed E-state index contributed by atoms with van der Waals surface area (Å²) in [6.07, 6.45) is 0. The third kappa shape index (κ3) is 4.29. The number of hydrogen-bond donors (Lipinski definition) is 2. The molecule has 25 heavy (non-hydrogen) atoms. The Kier molecular flexibility index (Phi) is 5.64. The number of esters is 1. The van der Waals surface area contributed by atoms with Crippen LogP contribution in [-0.2, 0) is 9.53 Å². The third-order valence-electron chi connectivity index (χ3n) is 3.91. The number of hydrogen-bond acceptors (Lipinski definition) is 5. The average Bonchev–Trinajstić information content (AvgIpc) is 2.59. The quantitative estimate of drug-likeness (QED) is 0.644. The molecule has 2 aromatic carbocycles. The highest BCUT2D eigenvalue weighted by molar-refractivity contribution is 5.95. The minimum Gasteiger partial charge on any atom is -0.506 e. The summed E-state index contributed by atoms with van der Waals surface area (Å²) in [6.45, 7) is 5.63. The van der Waals surface area contributed by atoms with Crippen molar-refractivity contribution in [3.63, 3.8) is 0 Å². The average molecular weight is 343 g/mol. The minimum atomic E-state index is -0.568. The lowest BCUT2D eigenvalue weighted by atomic mass is 10.1. The Morgan fingerprint density at radius 1 is 1.08 bits per heavy atom. The van der Waals surface area contributed by atoms with Crippen LogP contribution in [0.15, 0.2) is 30.3 Å². The summed E-state index contributed by atoms with van der Waals surface area (Å²) in [5, 5.41) is 12.5. The van der Waals surface area contributed by atoms with E-state index in [0.717, 1.165) is 16.7 Å². The fourth-order valence-corrected chi connectivity index (χ4v) is 2.35. The molecule has 0 saturated carbocycles. The Labute approximate surface area is 146 Å². The fraction of sp³-hybridized carbons (Fsp3) is 0.263. The zero-order valence-corrected chi connectivity index (χ0v) is 14.7. The molecule has 6 heteroatoms. The normalized spacial score (nSPS) is 10.2. The predicted octanol–water partition coefficient (Wildman–Crippen LogP) is 3.12. The Morgan fingerprint density at radius 3 is 2.40 bits per heavy atom. The smallest absolute Gasteiger partial charge is 0.337 e. The zero-order chi connectivity index (χ0) is 18.6. The van der Waals surface area contributed by atoms with E-state index in [1.165, 1.54) is 25.3 Å². The van der Waals surface area contributed by atoms with E-state index in [4.69, 9.17) is 4.74 Å². The first-order valence-corrected chi connectivity index (χ1v) is 7.74. The van der Waals surface area contributed by atoms with Crippen molar-refractivity contribution in [1.29, 1.82) is 0 Å². The maximum Gasteiger partial charge on any atom is 0.337 e. The molecule has 0 aromatic heterocycles. The summed E-state index contributed by atoms with van der Waals surface area (Å²) >= 11 is 0. The van der Waals surface area contributed by atoms with Crippen molar-refractivity contribution in [1.82, 2.24) is 0 Å². The topological polar surface area (TPSA) is 84.9 Å². The molecule has 0 spiro atoms. The molecule has 0 heterocycles. The Morgan fingerprint density at radius 2 is 1.76 bits per heavy atom. The monoisotopic (exact) mass is 343 g/mol. The molecule has 2 N–H and O–H groups in total. The van der Waals surface area contributed by atoms with Gasteiger partial charge in [0.2, 0.25) is 0 Å². The lowest BCUT2D eigenvalue weighted by Crippen LogP contribution is -2.21. The van der Waals surface area contributed by atoms with E-state index in [1.807, 2.05) is 32.9 Å². The molecular formula is C19H21NO5. The summed E-state index contributed by atoms with van der Waals surface area (Å²) in [4.78, 5) is 23.5. The van der Waals surface area contributed by atoms with Gasteiger partial charge in [0.25, 0.3) is 5.91 Å². The van der Waals surface area contributed by atoms with Crippen LogP contribution in [0.25, 0.3) is 0 Å². The highest BCUT2D eigenvalue weighted by Crippen LogP contribution is 2.27. The van der Waals surface area contributed by atoms with Gasteiger partial charge < -0.3 is 19.9 Å². The van der Waals surface area contributed by atoms with Gasteiger partial charge in [0, 0.05) is 0 Å². The molecule has 0 aliphatic rings. The lowest BCUT2D eigenvalue weighted by Gasteiger charge is -2.14. The molecule has 0 bridgehead atoms. The number of carbonyl (C=O) groups is 2. The number of aromatic hydroxyl groups is 1. The molecule has 0 aliphatic heterocycles. The number of phenols is 1. The minimum absolute atomic E-state index is 0.191. The van der Waals surface area contributed by atoms with Gasteiger partial charge in [0.15, 0.2) is 6.61 Å². The highest BCUT2D eigenvalue weighted by Gasteiger charge is 2.13. The van der Waals surface area contributed by atoms with Crippen LogP contribution >= 0.6 is 0 Å². The first kappa shape index (κ1) is 18.3. The number of nitrogens with one attached hydrogen (secondary N) is 1. The molecule has 0 atom stereocenters. The van der Waals surface area contributed by atoms with Crippen molar-refractivity contribution in [2.75, 3.05) is 19.0 Å². The number of benzene rings is 2. The number of carbonyl (C=O) groups excluding carboxylic acids is 2. The fourth-order valence-electron chi connectivity index (χ4n) is 2.35. The van der Waals surface area contributed by atoms with Gasteiger partial charge in [-0.15, -0.1) is 0 Å². The molecule has 1 amide bonds. The largest absolute Gasteiger partial charge is 0.506 e. The number of anilines is 1. The summed E-state index contributed by atoms with van der Waals surface area (Å²) in [5.74, 6) is -0.525. The van der Waals surface area contributed by atoms with Crippen LogP contribution in [0.2, 0.25) is 0 Å². The van der Waals surface area contributed by atoms with Gasteiger partial charge in [0.1, 0.15) is 11.5 Å². The van der Waals surface area contributed by atoms with E-state index in [-0.39, 0.29) is 23.6 Å². The van der Waals surface area contributed by atoms with Gasteiger partial charge in [0.05, 0.1) is 18.4 Å². The van der Waals surface area contributed by atoms with E-state index in [1.54, 1.807) is 0 Å². The molecule has 132 valence electrons. The molecule has 0 saturated heterocycles. The van der Waals surface area contributed by atoms with Crippen molar-refractivity contribution in [2.45, 2.75) is 20.8 Å². The number of amides is 1. The van der Waals surface area contributed by atoms with Crippen LogP contribution < -0.4 is 10.1 Å². The number of aryl methyl sites for hydroxylation is 2. The maximum atomic E-state index is 12.1. The number of methoxy groups -OCH3 is 1. The van der Waals surface area contributed by atoms with E-state index in [9.17, 15) is 14.7 Å². The SMILES string of the molecule is COC(=O)c1ccc(NC(=O)COc2c(C)ccc(C)c2C)c(O)c1. The molecule has 2 aromatic rings. The molecule has 6 nitrogen and oxygen atoms in total. The van der Waals surface area contributed by atoms with Gasteiger partial charge >= 0.3 is 5.97 Å². The van der Waals surface area contributed by atoms with Crippen LogP contribution in [0.5, 0.6) is 11.5 Å². The molecule has 0 unspecified atom stereocenters. The van der Waals surface area contributed by atoms with Crippen LogP contribution in [0.4, 0.5) is 5.69 Å². The predicted molar refractivity (Wildman–Crippen MR) is 94.2 cm³/mol. The van der Waals surface area contributed by atoms with Gasteiger partial charge in [-0.3, -0.25) is 4.79 Å². The Balaban J connectivity index is 2.04. The zero-order valence-electron chi connectivity index (χ0n) is 14.7. The first-order chi connectivity index (χ1) is 11.8. The molecular weight excluding hydrogens is 322 g/mol. The van der Waals surface area contributed by atoms with Crippen molar-refractivity contribution < 1.29 is 24.2 Å². The van der Waals surface area contributed by atoms with Crippen molar-refractivity contribution in [3.8, 4) is 11.5 Å². The van der Waals surface area contributed by atoms with E-state index >= 15 is 0 Å². The summed E-state index contributed by atoms with van der Waals surface area (Å²) in [7, 11) is 1.25. The third-order valence-corrected chi connectivity index (χ3v) is 3.91. The van der Waals surface area contributed by atoms with E-state index < -0.39 is 11.9 Å². The lowest BCUT2D eigenvalue weighted by molar-refractivity contribution is -0.118.